The lowest BCUT2D eigenvalue weighted by atomic mass is 9.68. The molecular formula is C30H35N3O5S. The van der Waals surface area contributed by atoms with Crippen molar-refractivity contribution in [1.29, 1.82) is 0 Å². The Bertz CT molecular complexity index is 1400. The number of nitrogens with one attached hydrogen (secondary N) is 1. The van der Waals surface area contributed by atoms with E-state index in [1.54, 1.807) is 37.4 Å². The van der Waals surface area contributed by atoms with E-state index in [0.29, 0.717) is 24.5 Å². The maximum Gasteiger partial charge on any atom is 0.243 e. The molecule has 5 rings (SSSR count). The summed E-state index contributed by atoms with van der Waals surface area (Å²) in [7, 11) is -2.06. The Hall–Kier alpha value is -3.27. The summed E-state index contributed by atoms with van der Waals surface area (Å²) in [5, 5.41) is 12.6. The van der Waals surface area contributed by atoms with Gasteiger partial charge in [-0.3, -0.25) is 4.79 Å². The van der Waals surface area contributed by atoms with Gasteiger partial charge in [0.25, 0.3) is 0 Å². The molecule has 3 aromatic rings. The summed E-state index contributed by atoms with van der Waals surface area (Å²) in [6.07, 6.45) is 6.03. The molecule has 206 valence electrons. The van der Waals surface area contributed by atoms with Gasteiger partial charge in [0.05, 0.1) is 29.7 Å². The summed E-state index contributed by atoms with van der Waals surface area (Å²) >= 11 is 0. The fraction of sp³-hybridized carbons (Fsp3) is 0.400. The van der Waals surface area contributed by atoms with E-state index >= 15 is 0 Å². The Kier molecular flexibility index (Phi) is 8.02. The molecule has 0 radical (unpaired) electrons. The zero-order valence-electron chi connectivity index (χ0n) is 22.2. The van der Waals surface area contributed by atoms with E-state index in [9.17, 15) is 18.3 Å². The van der Waals surface area contributed by atoms with Gasteiger partial charge >= 0.3 is 0 Å². The van der Waals surface area contributed by atoms with E-state index in [2.05, 4.69) is 10.3 Å². The molecule has 1 amide bonds. The Morgan fingerprint density at radius 2 is 1.74 bits per heavy atom. The predicted octanol–water partition coefficient (Wildman–Crippen LogP) is 4.74. The second-order valence-electron chi connectivity index (χ2n) is 10.4. The van der Waals surface area contributed by atoms with Gasteiger partial charge in [0.1, 0.15) is 11.6 Å². The maximum atomic E-state index is 13.8. The first-order valence-corrected chi connectivity index (χ1v) is 15.0. The molecule has 2 aromatic carbocycles. The fourth-order valence-electron chi connectivity index (χ4n) is 5.85. The van der Waals surface area contributed by atoms with Gasteiger partial charge in [-0.05, 0) is 67.6 Å². The third-order valence-corrected chi connectivity index (χ3v) is 10.0. The average Bonchev–Trinajstić information content (AvgIpc) is 3.48. The first-order valence-electron chi connectivity index (χ1n) is 13.5. The van der Waals surface area contributed by atoms with E-state index in [-0.39, 0.29) is 23.5 Å². The highest BCUT2D eigenvalue weighted by atomic mass is 32.2. The molecule has 1 saturated carbocycles. The number of amides is 1. The number of pyridine rings is 1. The maximum absolute atomic E-state index is 13.8. The van der Waals surface area contributed by atoms with Gasteiger partial charge in [-0.25, -0.2) is 13.4 Å². The molecule has 1 aliphatic carbocycles. The van der Waals surface area contributed by atoms with E-state index in [0.717, 1.165) is 55.4 Å². The third kappa shape index (κ3) is 5.44. The smallest absolute Gasteiger partial charge is 0.243 e. The standard InChI is InChI=1S/C30H35N3O5S/c1-38-25-14-12-23(13-15-25)30(18-3-2-4-19-30)29(35)32-28-9-5-8-27(31-28)22-10-16-26(17-11-22)39(36,37)33-20-6-7-24(33)21-34/h5,8-17,24,34H,2-4,6-7,18-21H2,1H3,(H,31,32,35)/t24-/m1/s1. The zero-order valence-corrected chi connectivity index (χ0v) is 23.0. The SMILES string of the molecule is COc1ccc(C2(C(=O)Nc3cccc(-c4ccc(S(=O)(=O)N5CCC[C@@H]5CO)cc4)n3)CCCCC2)cc1. The predicted molar refractivity (Wildman–Crippen MR) is 150 cm³/mol. The highest BCUT2D eigenvalue weighted by Gasteiger charge is 2.41. The van der Waals surface area contributed by atoms with Crippen LogP contribution in [0.15, 0.2) is 71.6 Å². The number of carbonyl (C=O) groups is 1. The number of sulfonamides is 1. The van der Waals surface area contributed by atoms with Crippen molar-refractivity contribution < 1.29 is 23.1 Å². The van der Waals surface area contributed by atoms with Gasteiger partial charge in [-0.1, -0.05) is 49.6 Å². The fourth-order valence-corrected chi connectivity index (χ4v) is 7.54. The molecule has 1 aliphatic heterocycles. The minimum Gasteiger partial charge on any atom is -0.497 e. The van der Waals surface area contributed by atoms with Crippen molar-refractivity contribution in [3.8, 4) is 17.0 Å². The molecule has 2 N–H and O–H groups in total. The van der Waals surface area contributed by atoms with Crippen molar-refractivity contribution in [3.63, 3.8) is 0 Å². The van der Waals surface area contributed by atoms with E-state index in [4.69, 9.17) is 4.74 Å². The molecule has 1 aromatic heterocycles. The van der Waals surface area contributed by atoms with E-state index in [1.807, 2.05) is 36.4 Å². The Morgan fingerprint density at radius 1 is 1.03 bits per heavy atom. The molecule has 0 spiro atoms. The number of aromatic nitrogens is 1. The summed E-state index contributed by atoms with van der Waals surface area (Å²) in [6, 6.07) is 19.4. The molecule has 1 saturated heterocycles. The molecule has 2 heterocycles. The molecule has 2 fully saturated rings. The highest BCUT2D eigenvalue weighted by Crippen LogP contribution is 2.41. The van der Waals surface area contributed by atoms with Crippen LogP contribution in [0.4, 0.5) is 5.82 Å². The van der Waals surface area contributed by atoms with Gasteiger partial charge in [0, 0.05) is 18.2 Å². The van der Waals surface area contributed by atoms with Crippen molar-refractivity contribution in [2.24, 2.45) is 0 Å². The molecule has 0 unspecified atom stereocenters. The molecule has 39 heavy (non-hydrogen) atoms. The van der Waals surface area contributed by atoms with Crippen LogP contribution in [0.1, 0.15) is 50.5 Å². The van der Waals surface area contributed by atoms with E-state index < -0.39 is 15.4 Å². The summed E-state index contributed by atoms with van der Waals surface area (Å²) < 4.78 is 32.9. The third-order valence-electron chi connectivity index (χ3n) is 8.07. The lowest BCUT2D eigenvalue weighted by molar-refractivity contribution is -0.122. The molecule has 2 aliphatic rings. The van der Waals surface area contributed by atoms with E-state index in [1.165, 1.54) is 4.31 Å². The van der Waals surface area contributed by atoms with Crippen molar-refractivity contribution in [2.45, 2.75) is 61.3 Å². The summed E-state index contributed by atoms with van der Waals surface area (Å²) in [4.78, 5) is 18.6. The van der Waals surface area contributed by atoms with Gasteiger partial charge in [-0.2, -0.15) is 4.31 Å². The van der Waals surface area contributed by atoms with Crippen LogP contribution in [0.3, 0.4) is 0 Å². The second kappa shape index (κ2) is 11.5. The minimum atomic E-state index is -3.69. The normalized spacial score (nSPS) is 19.5. The van der Waals surface area contributed by atoms with Crippen LogP contribution in [0.25, 0.3) is 11.3 Å². The Balaban J connectivity index is 1.36. The topological polar surface area (TPSA) is 109 Å². The van der Waals surface area contributed by atoms with Gasteiger partial charge in [0.15, 0.2) is 0 Å². The summed E-state index contributed by atoms with van der Waals surface area (Å²) in [5.41, 5.74) is 1.73. The van der Waals surface area contributed by atoms with Crippen LogP contribution in [-0.2, 0) is 20.2 Å². The van der Waals surface area contributed by atoms with Gasteiger partial charge in [-0.15, -0.1) is 0 Å². The Morgan fingerprint density at radius 3 is 2.41 bits per heavy atom. The minimum absolute atomic E-state index is 0.0671. The van der Waals surface area contributed by atoms with Crippen LogP contribution in [0.2, 0.25) is 0 Å². The second-order valence-corrected chi connectivity index (χ2v) is 12.2. The summed E-state index contributed by atoms with van der Waals surface area (Å²) in [6.45, 7) is 0.232. The Labute approximate surface area is 230 Å². The number of aliphatic hydroxyl groups is 1. The van der Waals surface area contributed by atoms with Crippen LogP contribution in [-0.4, -0.2) is 55.0 Å². The zero-order chi connectivity index (χ0) is 27.5. The van der Waals surface area contributed by atoms with Gasteiger partial charge in [0.2, 0.25) is 15.9 Å². The first-order chi connectivity index (χ1) is 18.9. The van der Waals surface area contributed by atoms with Crippen LogP contribution in [0.5, 0.6) is 5.75 Å². The van der Waals surface area contributed by atoms with Crippen LogP contribution < -0.4 is 10.1 Å². The van der Waals surface area contributed by atoms with Gasteiger partial charge < -0.3 is 15.2 Å². The van der Waals surface area contributed by atoms with Crippen LogP contribution in [0, 0.1) is 0 Å². The largest absolute Gasteiger partial charge is 0.497 e. The number of benzene rings is 2. The number of carbonyl (C=O) groups excluding carboxylic acids is 1. The molecule has 0 bridgehead atoms. The number of aliphatic hydroxyl groups excluding tert-OH is 1. The number of rotatable bonds is 8. The lowest BCUT2D eigenvalue weighted by Gasteiger charge is -2.36. The number of methoxy groups -OCH3 is 1. The molecule has 9 heteroatoms. The first kappa shape index (κ1) is 27.3. The highest BCUT2D eigenvalue weighted by molar-refractivity contribution is 7.89. The number of ether oxygens (including phenoxy) is 1. The molecule has 1 atom stereocenters. The van der Waals surface area contributed by atoms with Crippen molar-refractivity contribution >= 4 is 21.7 Å². The van der Waals surface area contributed by atoms with Crippen molar-refractivity contribution in [3.05, 3.63) is 72.3 Å². The average molecular weight is 550 g/mol. The number of hydrogen-bond donors (Lipinski definition) is 2. The monoisotopic (exact) mass is 549 g/mol. The number of anilines is 1. The lowest BCUT2D eigenvalue weighted by Crippen LogP contribution is -2.42. The van der Waals surface area contributed by atoms with Crippen LogP contribution >= 0.6 is 0 Å². The summed E-state index contributed by atoms with van der Waals surface area (Å²) in [5.74, 6) is 1.14. The van der Waals surface area contributed by atoms with Crippen molar-refractivity contribution in [2.75, 3.05) is 25.6 Å². The van der Waals surface area contributed by atoms with Crippen molar-refractivity contribution in [1.82, 2.24) is 9.29 Å². The number of hydrogen-bond acceptors (Lipinski definition) is 6. The quantitative estimate of drug-likeness (QED) is 0.420. The molecule has 8 nitrogen and oxygen atoms in total. The number of nitrogens with zero attached hydrogens (tertiary/aromatic N) is 2. The molecular weight excluding hydrogens is 514 g/mol.